The van der Waals surface area contributed by atoms with Gasteiger partial charge in [-0.3, -0.25) is 0 Å². The Morgan fingerprint density at radius 1 is 1.47 bits per heavy atom. The van der Waals surface area contributed by atoms with Gasteiger partial charge in [0, 0.05) is 22.3 Å². The summed E-state index contributed by atoms with van der Waals surface area (Å²) < 4.78 is 0. The van der Waals surface area contributed by atoms with Crippen molar-refractivity contribution in [1.82, 2.24) is 4.98 Å². The van der Waals surface area contributed by atoms with E-state index in [1.807, 2.05) is 11.3 Å². The quantitative estimate of drug-likeness (QED) is 0.728. The fourth-order valence-electron chi connectivity index (χ4n) is 2.80. The topological polar surface area (TPSA) is 12.9 Å². The molecule has 1 aromatic heterocycles. The van der Waals surface area contributed by atoms with Gasteiger partial charge in [0.1, 0.15) is 0 Å². The van der Waals surface area contributed by atoms with Gasteiger partial charge in [0.05, 0.1) is 5.01 Å². The summed E-state index contributed by atoms with van der Waals surface area (Å²) in [6, 6.07) is 0. The zero-order chi connectivity index (χ0) is 12.4. The number of alkyl halides is 1. The SMILES string of the molecule is Cc1csc(CC2CC(C(C)C)CCC2Br)n1. The van der Waals surface area contributed by atoms with E-state index < -0.39 is 0 Å². The summed E-state index contributed by atoms with van der Waals surface area (Å²) in [7, 11) is 0. The Balaban J connectivity index is 1.98. The van der Waals surface area contributed by atoms with Crippen molar-refractivity contribution in [1.29, 1.82) is 0 Å². The van der Waals surface area contributed by atoms with Crippen molar-refractivity contribution in [2.75, 3.05) is 0 Å². The van der Waals surface area contributed by atoms with E-state index in [1.54, 1.807) is 0 Å². The standard InChI is InChI=1S/C14H22BrNS/c1-9(2)11-4-5-13(15)12(6-11)7-14-16-10(3)8-17-14/h8-9,11-13H,4-7H2,1-3H3. The Labute approximate surface area is 117 Å². The molecule has 0 radical (unpaired) electrons. The monoisotopic (exact) mass is 315 g/mol. The maximum absolute atomic E-state index is 4.61. The van der Waals surface area contributed by atoms with Gasteiger partial charge < -0.3 is 0 Å². The third kappa shape index (κ3) is 3.54. The summed E-state index contributed by atoms with van der Waals surface area (Å²) in [5.74, 6) is 2.52. The average Bonchev–Trinajstić information content (AvgIpc) is 2.67. The summed E-state index contributed by atoms with van der Waals surface area (Å²) in [4.78, 5) is 5.30. The minimum absolute atomic E-state index is 0.696. The Morgan fingerprint density at radius 3 is 2.82 bits per heavy atom. The van der Waals surface area contributed by atoms with Crippen molar-refractivity contribution in [2.45, 2.75) is 51.3 Å². The number of aryl methyl sites for hydroxylation is 1. The van der Waals surface area contributed by atoms with E-state index in [2.05, 4.69) is 47.1 Å². The minimum Gasteiger partial charge on any atom is -0.247 e. The number of hydrogen-bond donors (Lipinski definition) is 0. The molecular weight excluding hydrogens is 294 g/mol. The zero-order valence-corrected chi connectivity index (χ0v) is 13.4. The van der Waals surface area contributed by atoms with Crippen molar-refractivity contribution in [2.24, 2.45) is 17.8 Å². The molecule has 1 aliphatic rings. The van der Waals surface area contributed by atoms with Crippen LogP contribution in [-0.2, 0) is 6.42 Å². The molecular formula is C14H22BrNS. The highest BCUT2D eigenvalue weighted by atomic mass is 79.9. The van der Waals surface area contributed by atoms with Crippen LogP contribution in [0.2, 0.25) is 0 Å². The van der Waals surface area contributed by atoms with Crippen LogP contribution in [0.4, 0.5) is 0 Å². The molecule has 0 N–H and O–H groups in total. The first-order valence-electron chi connectivity index (χ1n) is 6.61. The van der Waals surface area contributed by atoms with Gasteiger partial charge in [-0.15, -0.1) is 11.3 Å². The number of nitrogens with zero attached hydrogens (tertiary/aromatic N) is 1. The molecule has 3 atom stereocenters. The van der Waals surface area contributed by atoms with Gasteiger partial charge in [-0.2, -0.15) is 0 Å². The highest BCUT2D eigenvalue weighted by Gasteiger charge is 2.30. The Hall–Kier alpha value is 0.110. The number of hydrogen-bond acceptors (Lipinski definition) is 2. The number of aromatic nitrogens is 1. The molecule has 1 aliphatic carbocycles. The maximum Gasteiger partial charge on any atom is 0.0931 e. The van der Waals surface area contributed by atoms with E-state index in [4.69, 9.17) is 0 Å². The lowest BCUT2D eigenvalue weighted by molar-refractivity contribution is 0.222. The number of rotatable bonds is 3. The van der Waals surface area contributed by atoms with Crippen LogP contribution in [0.3, 0.4) is 0 Å². The molecule has 1 heterocycles. The lowest BCUT2D eigenvalue weighted by Gasteiger charge is -2.35. The van der Waals surface area contributed by atoms with Gasteiger partial charge in [-0.1, -0.05) is 29.8 Å². The van der Waals surface area contributed by atoms with Gasteiger partial charge in [0.25, 0.3) is 0 Å². The van der Waals surface area contributed by atoms with E-state index >= 15 is 0 Å². The molecule has 1 fully saturated rings. The summed E-state index contributed by atoms with van der Waals surface area (Å²) in [6.45, 7) is 6.82. The molecule has 0 aromatic carbocycles. The smallest absolute Gasteiger partial charge is 0.0931 e. The molecule has 17 heavy (non-hydrogen) atoms. The molecule has 1 nitrogen and oxygen atoms in total. The molecule has 0 bridgehead atoms. The van der Waals surface area contributed by atoms with E-state index in [9.17, 15) is 0 Å². The predicted molar refractivity (Wildman–Crippen MR) is 78.9 cm³/mol. The highest BCUT2D eigenvalue weighted by molar-refractivity contribution is 9.09. The molecule has 0 aliphatic heterocycles. The van der Waals surface area contributed by atoms with Crippen molar-refractivity contribution in [3.8, 4) is 0 Å². The second kappa shape index (κ2) is 5.83. The zero-order valence-electron chi connectivity index (χ0n) is 10.9. The van der Waals surface area contributed by atoms with Crippen LogP contribution in [0.5, 0.6) is 0 Å². The summed E-state index contributed by atoms with van der Waals surface area (Å²) in [5.41, 5.74) is 1.17. The third-order valence-electron chi connectivity index (χ3n) is 3.98. The molecule has 96 valence electrons. The first-order chi connectivity index (χ1) is 8.06. The lowest BCUT2D eigenvalue weighted by atomic mass is 9.75. The Bertz CT molecular complexity index is 361. The van der Waals surface area contributed by atoms with E-state index in [1.165, 1.54) is 30.0 Å². The highest BCUT2D eigenvalue weighted by Crippen LogP contribution is 2.39. The Kier molecular flexibility index (Phi) is 4.65. The minimum atomic E-state index is 0.696. The second-order valence-electron chi connectivity index (χ2n) is 5.68. The van der Waals surface area contributed by atoms with Gasteiger partial charge in [-0.25, -0.2) is 4.98 Å². The van der Waals surface area contributed by atoms with E-state index in [0.29, 0.717) is 4.83 Å². The van der Waals surface area contributed by atoms with Crippen molar-refractivity contribution >= 4 is 27.3 Å². The molecule has 2 rings (SSSR count). The van der Waals surface area contributed by atoms with E-state index in [-0.39, 0.29) is 0 Å². The Morgan fingerprint density at radius 2 is 2.24 bits per heavy atom. The summed E-state index contributed by atoms with van der Waals surface area (Å²) in [6.07, 6.45) is 5.25. The van der Waals surface area contributed by atoms with Crippen LogP contribution < -0.4 is 0 Å². The first kappa shape index (κ1) is 13.5. The second-order valence-corrected chi connectivity index (χ2v) is 7.80. The normalized spacial score (nSPS) is 29.8. The van der Waals surface area contributed by atoms with Crippen molar-refractivity contribution < 1.29 is 0 Å². The van der Waals surface area contributed by atoms with Crippen LogP contribution in [0.25, 0.3) is 0 Å². The molecule has 0 saturated heterocycles. The molecule has 0 spiro atoms. The number of thiazole rings is 1. The van der Waals surface area contributed by atoms with Crippen molar-refractivity contribution in [3.05, 3.63) is 16.1 Å². The van der Waals surface area contributed by atoms with Gasteiger partial charge in [0.15, 0.2) is 0 Å². The van der Waals surface area contributed by atoms with Crippen LogP contribution in [0.15, 0.2) is 5.38 Å². The maximum atomic E-state index is 4.61. The average molecular weight is 316 g/mol. The summed E-state index contributed by atoms with van der Waals surface area (Å²) >= 11 is 5.70. The molecule has 1 aromatic rings. The summed E-state index contributed by atoms with van der Waals surface area (Å²) in [5, 5.41) is 3.49. The molecule has 3 unspecified atom stereocenters. The first-order valence-corrected chi connectivity index (χ1v) is 8.41. The molecule has 0 amide bonds. The van der Waals surface area contributed by atoms with Gasteiger partial charge >= 0.3 is 0 Å². The molecule has 3 heteroatoms. The van der Waals surface area contributed by atoms with Crippen molar-refractivity contribution in [3.63, 3.8) is 0 Å². The van der Waals surface area contributed by atoms with Crippen LogP contribution in [0.1, 0.15) is 43.8 Å². The predicted octanol–water partition coefficient (Wildman–Crippen LogP) is 4.83. The largest absolute Gasteiger partial charge is 0.247 e. The lowest BCUT2D eigenvalue weighted by Crippen LogP contribution is -2.29. The van der Waals surface area contributed by atoms with E-state index in [0.717, 1.165) is 24.2 Å². The van der Waals surface area contributed by atoms with Crippen LogP contribution in [-0.4, -0.2) is 9.81 Å². The van der Waals surface area contributed by atoms with Gasteiger partial charge in [0.2, 0.25) is 0 Å². The van der Waals surface area contributed by atoms with Gasteiger partial charge in [-0.05, 0) is 43.9 Å². The number of halogens is 1. The fourth-order valence-corrected chi connectivity index (χ4v) is 4.33. The van der Waals surface area contributed by atoms with Crippen LogP contribution in [0, 0.1) is 24.7 Å². The van der Waals surface area contributed by atoms with Crippen LogP contribution >= 0.6 is 27.3 Å². The molecule has 1 saturated carbocycles. The third-order valence-corrected chi connectivity index (χ3v) is 6.17. The fraction of sp³-hybridized carbons (Fsp3) is 0.786.